The third-order valence-corrected chi connectivity index (χ3v) is 4.52. The number of para-hydroxylation sites is 1. The SMILES string of the molecule is O=C(O)Oc1ccc(CNc2ccccc2C(=O)Nc2cc3ccccc3cn2)cn1. The van der Waals surface area contributed by atoms with E-state index in [-0.39, 0.29) is 11.8 Å². The van der Waals surface area contributed by atoms with Crippen LogP contribution in [0, 0.1) is 0 Å². The van der Waals surface area contributed by atoms with Gasteiger partial charge in [0.15, 0.2) is 0 Å². The third-order valence-electron chi connectivity index (χ3n) is 4.52. The number of pyridine rings is 2. The van der Waals surface area contributed by atoms with Gasteiger partial charge < -0.3 is 20.5 Å². The zero-order valence-electron chi connectivity index (χ0n) is 16.3. The lowest BCUT2D eigenvalue weighted by molar-refractivity contribution is 0.102. The van der Waals surface area contributed by atoms with E-state index in [1.165, 1.54) is 12.3 Å². The molecule has 1 amide bonds. The smallest absolute Gasteiger partial charge is 0.449 e. The summed E-state index contributed by atoms with van der Waals surface area (Å²) in [6.07, 6.45) is 1.81. The molecule has 0 saturated carbocycles. The Morgan fingerprint density at radius 3 is 2.45 bits per heavy atom. The Bertz CT molecular complexity index is 1240. The number of carbonyl (C=O) groups excluding carboxylic acids is 1. The van der Waals surface area contributed by atoms with Crippen LogP contribution in [0.3, 0.4) is 0 Å². The van der Waals surface area contributed by atoms with Gasteiger partial charge in [-0.05, 0) is 29.1 Å². The molecule has 0 bridgehead atoms. The number of fused-ring (bicyclic) bond motifs is 1. The first kappa shape index (κ1) is 19.8. The summed E-state index contributed by atoms with van der Waals surface area (Å²) in [6.45, 7) is 0.388. The van der Waals surface area contributed by atoms with E-state index in [1.807, 2.05) is 36.4 Å². The van der Waals surface area contributed by atoms with Crippen molar-refractivity contribution in [2.45, 2.75) is 6.54 Å². The van der Waals surface area contributed by atoms with E-state index >= 15 is 0 Å². The molecule has 0 radical (unpaired) electrons. The van der Waals surface area contributed by atoms with Crippen LogP contribution in [0.25, 0.3) is 10.8 Å². The van der Waals surface area contributed by atoms with Crippen molar-refractivity contribution < 1.29 is 19.4 Å². The monoisotopic (exact) mass is 414 g/mol. The van der Waals surface area contributed by atoms with E-state index in [0.29, 0.717) is 23.6 Å². The van der Waals surface area contributed by atoms with Gasteiger partial charge in [0.2, 0.25) is 5.88 Å². The number of carboxylic acid groups (broad SMARTS) is 1. The first-order chi connectivity index (χ1) is 15.1. The molecule has 2 heterocycles. The molecule has 0 aliphatic heterocycles. The van der Waals surface area contributed by atoms with Gasteiger partial charge in [0.25, 0.3) is 5.91 Å². The number of hydrogen-bond acceptors (Lipinski definition) is 6. The minimum absolute atomic E-state index is 0.00101. The Morgan fingerprint density at radius 1 is 0.903 bits per heavy atom. The summed E-state index contributed by atoms with van der Waals surface area (Å²) >= 11 is 0. The van der Waals surface area contributed by atoms with Gasteiger partial charge >= 0.3 is 6.16 Å². The highest BCUT2D eigenvalue weighted by molar-refractivity contribution is 6.08. The second-order valence-electron chi connectivity index (χ2n) is 6.64. The number of ether oxygens (including phenoxy) is 1. The quantitative estimate of drug-likeness (QED) is 0.397. The normalized spacial score (nSPS) is 10.5. The molecule has 31 heavy (non-hydrogen) atoms. The molecule has 0 aliphatic carbocycles. The van der Waals surface area contributed by atoms with E-state index in [4.69, 9.17) is 5.11 Å². The average Bonchev–Trinajstić information content (AvgIpc) is 2.78. The van der Waals surface area contributed by atoms with Crippen molar-refractivity contribution in [3.05, 3.63) is 90.3 Å². The van der Waals surface area contributed by atoms with E-state index in [9.17, 15) is 9.59 Å². The number of nitrogens with one attached hydrogen (secondary N) is 2. The second kappa shape index (κ2) is 8.91. The van der Waals surface area contributed by atoms with Gasteiger partial charge in [0, 0.05) is 36.1 Å². The summed E-state index contributed by atoms with van der Waals surface area (Å²) in [5.74, 6) is 0.185. The average molecular weight is 414 g/mol. The van der Waals surface area contributed by atoms with Gasteiger partial charge in [-0.3, -0.25) is 4.79 Å². The van der Waals surface area contributed by atoms with Crippen molar-refractivity contribution in [2.24, 2.45) is 0 Å². The van der Waals surface area contributed by atoms with Crippen LogP contribution >= 0.6 is 0 Å². The number of aromatic nitrogens is 2. The molecular formula is C23H18N4O4. The Balaban J connectivity index is 1.45. The molecule has 0 aliphatic rings. The van der Waals surface area contributed by atoms with Crippen molar-refractivity contribution in [3.8, 4) is 5.88 Å². The zero-order chi connectivity index (χ0) is 21.6. The number of rotatable bonds is 6. The summed E-state index contributed by atoms with van der Waals surface area (Å²) in [5, 5.41) is 16.6. The molecule has 0 saturated heterocycles. The second-order valence-corrected chi connectivity index (χ2v) is 6.64. The number of benzene rings is 2. The minimum Gasteiger partial charge on any atom is -0.449 e. The molecule has 154 valence electrons. The molecule has 3 N–H and O–H groups in total. The predicted molar refractivity (Wildman–Crippen MR) is 116 cm³/mol. The lowest BCUT2D eigenvalue weighted by Gasteiger charge is -2.12. The van der Waals surface area contributed by atoms with Gasteiger partial charge in [-0.25, -0.2) is 14.8 Å². The molecule has 0 atom stereocenters. The lowest BCUT2D eigenvalue weighted by Crippen LogP contribution is -2.15. The maximum absolute atomic E-state index is 12.9. The Kier molecular flexibility index (Phi) is 5.70. The van der Waals surface area contributed by atoms with Gasteiger partial charge in [0.1, 0.15) is 5.82 Å². The molecule has 4 aromatic rings. The molecule has 2 aromatic carbocycles. The molecule has 2 aromatic heterocycles. The van der Waals surface area contributed by atoms with Gasteiger partial charge in [0.05, 0.1) is 5.56 Å². The summed E-state index contributed by atoms with van der Waals surface area (Å²) in [6, 6.07) is 19.9. The summed E-state index contributed by atoms with van der Waals surface area (Å²) in [5.41, 5.74) is 1.91. The standard InChI is InChI=1S/C23H18N4O4/c28-22(27-20-11-16-5-1-2-6-17(16)14-25-20)18-7-3-4-8-19(18)24-12-15-9-10-21(26-13-15)31-23(29)30/h1-11,13-14,24H,12H2,(H,29,30)(H,25,27,28). The van der Waals surface area contributed by atoms with Gasteiger partial charge in [-0.2, -0.15) is 0 Å². The highest BCUT2D eigenvalue weighted by atomic mass is 16.7. The van der Waals surface area contributed by atoms with Crippen molar-refractivity contribution in [1.29, 1.82) is 0 Å². The van der Waals surface area contributed by atoms with Crippen LogP contribution in [0.15, 0.2) is 79.1 Å². The van der Waals surface area contributed by atoms with Crippen LogP contribution in [-0.2, 0) is 6.54 Å². The van der Waals surface area contributed by atoms with Crippen LogP contribution < -0.4 is 15.4 Å². The summed E-state index contributed by atoms with van der Waals surface area (Å²) < 4.78 is 4.49. The van der Waals surface area contributed by atoms with Crippen LogP contribution in [0.1, 0.15) is 15.9 Å². The Hall–Kier alpha value is -4.46. The van der Waals surface area contributed by atoms with Crippen LogP contribution in [0.5, 0.6) is 5.88 Å². The van der Waals surface area contributed by atoms with Crippen LogP contribution in [0.4, 0.5) is 16.3 Å². The molecule has 4 rings (SSSR count). The maximum atomic E-state index is 12.9. The summed E-state index contributed by atoms with van der Waals surface area (Å²) in [4.78, 5) is 31.6. The highest BCUT2D eigenvalue weighted by Crippen LogP contribution is 2.20. The zero-order valence-corrected chi connectivity index (χ0v) is 16.3. The highest BCUT2D eigenvalue weighted by Gasteiger charge is 2.12. The van der Waals surface area contributed by atoms with Crippen LogP contribution in [-0.4, -0.2) is 27.1 Å². The largest absolute Gasteiger partial charge is 0.512 e. The lowest BCUT2D eigenvalue weighted by atomic mass is 10.1. The number of nitrogens with zero attached hydrogens (tertiary/aromatic N) is 2. The maximum Gasteiger partial charge on any atom is 0.512 e. The molecule has 0 unspecified atom stereocenters. The number of amides is 1. The first-order valence-corrected chi connectivity index (χ1v) is 9.43. The molecule has 0 spiro atoms. The fourth-order valence-electron chi connectivity index (χ4n) is 3.03. The number of hydrogen-bond donors (Lipinski definition) is 3. The Labute approximate surface area is 177 Å². The third kappa shape index (κ3) is 4.94. The van der Waals surface area contributed by atoms with Crippen molar-refractivity contribution in [3.63, 3.8) is 0 Å². The molecular weight excluding hydrogens is 396 g/mol. The minimum atomic E-state index is -1.42. The number of carbonyl (C=O) groups is 2. The van der Waals surface area contributed by atoms with E-state index in [2.05, 4.69) is 25.3 Å². The number of anilines is 2. The fraction of sp³-hybridized carbons (Fsp3) is 0.0435. The van der Waals surface area contributed by atoms with Gasteiger partial charge in [-0.15, -0.1) is 0 Å². The first-order valence-electron chi connectivity index (χ1n) is 9.43. The van der Waals surface area contributed by atoms with Crippen molar-refractivity contribution in [2.75, 3.05) is 10.6 Å². The van der Waals surface area contributed by atoms with E-state index in [1.54, 1.807) is 30.5 Å². The predicted octanol–water partition coefficient (Wildman–Crippen LogP) is 4.55. The Morgan fingerprint density at radius 2 is 1.68 bits per heavy atom. The fourth-order valence-corrected chi connectivity index (χ4v) is 3.03. The van der Waals surface area contributed by atoms with E-state index < -0.39 is 6.16 Å². The van der Waals surface area contributed by atoms with Gasteiger partial charge in [-0.1, -0.05) is 42.5 Å². The molecule has 0 fully saturated rings. The van der Waals surface area contributed by atoms with E-state index in [0.717, 1.165) is 16.3 Å². The van der Waals surface area contributed by atoms with Crippen molar-refractivity contribution >= 4 is 34.3 Å². The topological polar surface area (TPSA) is 113 Å². The van der Waals surface area contributed by atoms with Crippen molar-refractivity contribution in [1.82, 2.24) is 9.97 Å². The summed E-state index contributed by atoms with van der Waals surface area (Å²) in [7, 11) is 0. The molecule has 8 nitrogen and oxygen atoms in total. The van der Waals surface area contributed by atoms with Crippen LogP contribution in [0.2, 0.25) is 0 Å². The molecule has 8 heteroatoms.